The van der Waals surface area contributed by atoms with Gasteiger partial charge in [-0.25, -0.2) is 4.98 Å². The molecule has 0 unspecified atom stereocenters. The van der Waals surface area contributed by atoms with E-state index in [4.69, 9.17) is 4.74 Å². The number of nitrogens with zero attached hydrogens (tertiary/aromatic N) is 4. The zero-order valence-electron chi connectivity index (χ0n) is 15.5. The second-order valence-corrected chi connectivity index (χ2v) is 6.87. The number of amides is 1. The van der Waals surface area contributed by atoms with E-state index in [1.165, 1.54) is 0 Å². The Morgan fingerprint density at radius 3 is 2.52 bits per heavy atom. The van der Waals surface area contributed by atoms with Crippen LogP contribution >= 0.6 is 0 Å². The number of pyridine rings is 1. The zero-order chi connectivity index (χ0) is 18.8. The molecule has 0 spiro atoms. The van der Waals surface area contributed by atoms with E-state index >= 15 is 0 Å². The van der Waals surface area contributed by atoms with E-state index in [9.17, 15) is 4.79 Å². The molecule has 138 valence electrons. The molecule has 6 nitrogen and oxygen atoms in total. The highest BCUT2D eigenvalue weighted by Gasteiger charge is 2.32. The molecule has 1 aliphatic heterocycles. The first kappa shape index (κ1) is 17.3. The average molecular weight is 362 g/mol. The number of aryl methyl sites for hydroxylation is 1. The van der Waals surface area contributed by atoms with Crippen molar-refractivity contribution in [2.24, 2.45) is 5.92 Å². The van der Waals surface area contributed by atoms with E-state index in [2.05, 4.69) is 21.5 Å². The van der Waals surface area contributed by atoms with E-state index in [1.54, 1.807) is 19.5 Å². The third-order valence-electron chi connectivity index (χ3n) is 5.02. The van der Waals surface area contributed by atoms with Gasteiger partial charge in [0.05, 0.1) is 7.11 Å². The quantitative estimate of drug-likeness (QED) is 0.700. The van der Waals surface area contributed by atoms with Gasteiger partial charge in [-0.3, -0.25) is 9.78 Å². The van der Waals surface area contributed by atoms with Gasteiger partial charge >= 0.3 is 0 Å². The third-order valence-corrected chi connectivity index (χ3v) is 5.02. The van der Waals surface area contributed by atoms with Crippen LogP contribution in [0.2, 0.25) is 0 Å². The Bertz CT molecular complexity index is 929. The summed E-state index contributed by atoms with van der Waals surface area (Å²) >= 11 is 0. The Kier molecular flexibility index (Phi) is 4.62. The summed E-state index contributed by atoms with van der Waals surface area (Å²) in [4.78, 5) is 23.1. The summed E-state index contributed by atoms with van der Waals surface area (Å²) in [5, 5.41) is 0. The number of rotatable bonds is 5. The largest absolute Gasteiger partial charge is 0.497 e. The van der Waals surface area contributed by atoms with E-state index in [0.29, 0.717) is 11.5 Å². The van der Waals surface area contributed by atoms with Crippen molar-refractivity contribution < 1.29 is 9.53 Å². The minimum atomic E-state index is 0.0746. The molecule has 0 N–H and O–H groups in total. The summed E-state index contributed by atoms with van der Waals surface area (Å²) in [7, 11) is 1.62. The maximum atomic E-state index is 12.6. The highest BCUT2D eigenvalue weighted by atomic mass is 16.5. The van der Waals surface area contributed by atoms with Crippen LogP contribution in [0.25, 0.3) is 11.4 Å². The molecule has 1 fully saturated rings. The molecule has 0 atom stereocenters. The fourth-order valence-corrected chi connectivity index (χ4v) is 3.45. The normalized spacial score (nSPS) is 14.1. The summed E-state index contributed by atoms with van der Waals surface area (Å²) in [5.74, 6) is 2.22. The van der Waals surface area contributed by atoms with Crippen LogP contribution in [0.3, 0.4) is 0 Å². The van der Waals surface area contributed by atoms with Crippen LogP contribution in [0.5, 0.6) is 5.75 Å². The van der Waals surface area contributed by atoms with Gasteiger partial charge < -0.3 is 14.2 Å². The van der Waals surface area contributed by atoms with Gasteiger partial charge in [-0.1, -0.05) is 0 Å². The summed E-state index contributed by atoms with van der Waals surface area (Å²) < 4.78 is 7.38. The molecule has 3 heterocycles. The molecule has 1 saturated heterocycles. The minimum absolute atomic E-state index is 0.0746. The van der Waals surface area contributed by atoms with Gasteiger partial charge in [0, 0.05) is 61.0 Å². The number of ether oxygens (including phenoxy) is 1. The van der Waals surface area contributed by atoms with E-state index < -0.39 is 0 Å². The molecule has 27 heavy (non-hydrogen) atoms. The summed E-state index contributed by atoms with van der Waals surface area (Å²) in [5.41, 5.74) is 2.89. The fourth-order valence-electron chi connectivity index (χ4n) is 3.45. The number of methoxy groups -OCH3 is 1. The molecule has 3 aromatic rings. The van der Waals surface area contributed by atoms with Crippen LogP contribution in [0, 0.1) is 12.8 Å². The van der Waals surface area contributed by atoms with Crippen molar-refractivity contribution >= 4 is 5.91 Å². The van der Waals surface area contributed by atoms with Crippen LogP contribution in [-0.2, 0) is 6.54 Å². The second kappa shape index (κ2) is 7.23. The first-order valence-electron chi connectivity index (χ1n) is 9.01. The zero-order valence-corrected chi connectivity index (χ0v) is 15.5. The van der Waals surface area contributed by atoms with Gasteiger partial charge in [-0.05, 0) is 43.3 Å². The number of likely N-dealkylation sites (tertiary alicyclic amines) is 1. The van der Waals surface area contributed by atoms with Gasteiger partial charge in [-0.2, -0.15) is 0 Å². The standard InChI is InChI=1S/C21H22N4O2/c1-15-11-23-20(17-7-9-22-10-8-17)25(15)14-16-12-24(13-16)21(26)18-3-5-19(27-2)6-4-18/h3-11,16H,12-14H2,1-2H3. The molecule has 1 amide bonds. The Morgan fingerprint density at radius 1 is 1.15 bits per heavy atom. The number of carbonyl (C=O) groups excluding carboxylic acids is 1. The molecule has 6 heteroatoms. The van der Waals surface area contributed by atoms with Crippen molar-refractivity contribution in [3.63, 3.8) is 0 Å². The summed E-state index contributed by atoms with van der Waals surface area (Å²) in [6.07, 6.45) is 5.46. The lowest BCUT2D eigenvalue weighted by Gasteiger charge is -2.40. The highest BCUT2D eigenvalue weighted by Crippen LogP contribution is 2.25. The van der Waals surface area contributed by atoms with Gasteiger partial charge in [0.25, 0.3) is 5.91 Å². The second-order valence-electron chi connectivity index (χ2n) is 6.87. The molecule has 0 radical (unpaired) electrons. The summed E-state index contributed by atoms with van der Waals surface area (Å²) in [6.45, 7) is 4.45. The Balaban J connectivity index is 1.41. The monoisotopic (exact) mass is 362 g/mol. The number of hydrogen-bond donors (Lipinski definition) is 0. The number of imidazole rings is 1. The van der Waals surface area contributed by atoms with Crippen LogP contribution in [0.1, 0.15) is 16.1 Å². The smallest absolute Gasteiger partial charge is 0.253 e. The molecule has 1 aromatic carbocycles. The van der Waals surface area contributed by atoms with Crippen molar-refractivity contribution in [2.45, 2.75) is 13.5 Å². The lowest BCUT2D eigenvalue weighted by Crippen LogP contribution is -2.51. The molecule has 0 aliphatic carbocycles. The Morgan fingerprint density at radius 2 is 1.85 bits per heavy atom. The van der Waals surface area contributed by atoms with E-state index in [0.717, 1.165) is 42.5 Å². The average Bonchev–Trinajstić information content (AvgIpc) is 3.05. The van der Waals surface area contributed by atoms with Crippen LogP contribution in [0.4, 0.5) is 0 Å². The lowest BCUT2D eigenvalue weighted by molar-refractivity contribution is 0.0469. The van der Waals surface area contributed by atoms with E-state index in [1.807, 2.05) is 47.5 Å². The van der Waals surface area contributed by atoms with Crippen molar-refractivity contribution in [3.05, 3.63) is 66.2 Å². The Hall–Kier alpha value is -3.15. The number of benzene rings is 1. The molecule has 2 aromatic heterocycles. The molecular formula is C21H22N4O2. The van der Waals surface area contributed by atoms with Gasteiger partial charge in [0.15, 0.2) is 0 Å². The third kappa shape index (κ3) is 3.43. The Labute approximate surface area is 158 Å². The minimum Gasteiger partial charge on any atom is -0.497 e. The van der Waals surface area contributed by atoms with E-state index in [-0.39, 0.29) is 5.91 Å². The van der Waals surface area contributed by atoms with Crippen LogP contribution in [0.15, 0.2) is 55.0 Å². The molecule has 0 saturated carbocycles. The predicted molar refractivity (Wildman–Crippen MR) is 103 cm³/mol. The highest BCUT2D eigenvalue weighted by molar-refractivity contribution is 5.94. The van der Waals surface area contributed by atoms with Gasteiger partial charge in [0.2, 0.25) is 0 Å². The number of hydrogen-bond acceptors (Lipinski definition) is 4. The van der Waals surface area contributed by atoms with Crippen molar-refractivity contribution in [1.29, 1.82) is 0 Å². The van der Waals surface area contributed by atoms with Crippen LogP contribution < -0.4 is 4.74 Å². The maximum absolute atomic E-state index is 12.6. The molecule has 0 bridgehead atoms. The maximum Gasteiger partial charge on any atom is 0.253 e. The van der Waals surface area contributed by atoms with Gasteiger partial charge in [-0.15, -0.1) is 0 Å². The number of carbonyl (C=O) groups is 1. The first-order valence-corrected chi connectivity index (χ1v) is 9.01. The van der Waals surface area contributed by atoms with Crippen molar-refractivity contribution in [3.8, 4) is 17.1 Å². The predicted octanol–water partition coefficient (Wildman–Crippen LogP) is 3.03. The topological polar surface area (TPSA) is 60.2 Å². The SMILES string of the molecule is COc1ccc(C(=O)N2CC(Cn3c(C)cnc3-c3ccncc3)C2)cc1. The molecule has 4 rings (SSSR count). The molecule has 1 aliphatic rings. The van der Waals surface area contributed by atoms with Crippen LogP contribution in [-0.4, -0.2) is 45.5 Å². The lowest BCUT2D eigenvalue weighted by atomic mass is 9.98. The first-order chi connectivity index (χ1) is 13.2. The number of aromatic nitrogens is 3. The summed E-state index contributed by atoms with van der Waals surface area (Å²) in [6, 6.07) is 11.2. The van der Waals surface area contributed by atoms with Crippen molar-refractivity contribution in [2.75, 3.05) is 20.2 Å². The van der Waals surface area contributed by atoms with Crippen molar-refractivity contribution in [1.82, 2.24) is 19.4 Å². The molecular weight excluding hydrogens is 340 g/mol. The fraction of sp³-hybridized carbons (Fsp3) is 0.286. The van der Waals surface area contributed by atoms with Gasteiger partial charge in [0.1, 0.15) is 11.6 Å².